The van der Waals surface area contributed by atoms with E-state index in [1.165, 1.54) is 0 Å². The Kier molecular flexibility index (Phi) is 3.20. The molecule has 0 aliphatic carbocycles. The first-order valence-electron chi connectivity index (χ1n) is 5.19. The van der Waals surface area contributed by atoms with Gasteiger partial charge >= 0.3 is 6.07 Å². The highest BCUT2D eigenvalue weighted by molar-refractivity contribution is 5.64. The standard InChI is InChI=1S/C14H13N2/c1-2-15-16(13-9-5-3-6-10-13)14-11-7-4-8-12-14/h3-12H,1H3/q+1. The smallest absolute Gasteiger partial charge is 0.0621 e. The Hall–Kier alpha value is -2.27. The molecule has 0 heterocycles. The SMILES string of the molecule is CC#[N+]N(c1ccccc1)c1ccccc1. The molecule has 2 heteroatoms. The van der Waals surface area contributed by atoms with Crippen LogP contribution in [-0.4, -0.2) is 0 Å². The van der Waals surface area contributed by atoms with E-state index in [0.29, 0.717) is 0 Å². The van der Waals surface area contributed by atoms with Crippen molar-refractivity contribution >= 4 is 11.4 Å². The second kappa shape index (κ2) is 4.99. The maximum absolute atomic E-state index is 4.25. The fourth-order valence-corrected chi connectivity index (χ4v) is 1.50. The highest BCUT2D eigenvalue weighted by atomic mass is 15.4. The number of benzene rings is 2. The van der Waals surface area contributed by atoms with E-state index in [1.807, 2.05) is 65.7 Å². The van der Waals surface area contributed by atoms with E-state index in [0.717, 1.165) is 11.4 Å². The lowest BCUT2D eigenvalue weighted by molar-refractivity contribution is 1.28. The van der Waals surface area contributed by atoms with E-state index in [2.05, 4.69) is 11.0 Å². The summed E-state index contributed by atoms with van der Waals surface area (Å²) in [5.41, 5.74) is 2.06. The molecule has 0 aromatic heterocycles. The average Bonchev–Trinajstić information content (AvgIpc) is 2.38. The molecular formula is C14H13N2+. The lowest BCUT2D eigenvalue weighted by Gasteiger charge is -2.05. The van der Waals surface area contributed by atoms with Gasteiger partial charge in [0.1, 0.15) is 11.4 Å². The fraction of sp³-hybridized carbons (Fsp3) is 0.0714. The summed E-state index contributed by atoms with van der Waals surface area (Å²) >= 11 is 0. The van der Waals surface area contributed by atoms with Gasteiger partial charge in [-0.25, -0.2) is 0 Å². The van der Waals surface area contributed by atoms with Crippen molar-refractivity contribution in [2.24, 2.45) is 0 Å². The normalized spacial score (nSPS) is 9.06. The van der Waals surface area contributed by atoms with Crippen LogP contribution in [-0.2, 0) is 0 Å². The third-order valence-electron chi connectivity index (χ3n) is 2.20. The van der Waals surface area contributed by atoms with Gasteiger partial charge in [-0.3, -0.25) is 0 Å². The predicted molar refractivity (Wildman–Crippen MR) is 67.9 cm³/mol. The fourth-order valence-electron chi connectivity index (χ4n) is 1.50. The summed E-state index contributed by atoms with van der Waals surface area (Å²) in [5.74, 6) is 0. The van der Waals surface area contributed by atoms with Crippen molar-refractivity contribution in [3.05, 3.63) is 65.6 Å². The maximum Gasteiger partial charge on any atom is 0.316 e. The summed E-state index contributed by atoms with van der Waals surface area (Å²) in [4.78, 5) is 4.25. The molecule has 0 radical (unpaired) electrons. The van der Waals surface area contributed by atoms with Crippen LogP contribution >= 0.6 is 0 Å². The van der Waals surface area contributed by atoms with Gasteiger partial charge in [-0.2, -0.15) is 0 Å². The molecule has 0 spiro atoms. The summed E-state index contributed by atoms with van der Waals surface area (Å²) in [5, 5.41) is 1.86. The van der Waals surface area contributed by atoms with Crippen molar-refractivity contribution in [2.45, 2.75) is 6.92 Å². The minimum absolute atomic E-state index is 1.03. The summed E-state index contributed by atoms with van der Waals surface area (Å²) in [6.45, 7) is 1.79. The number of anilines is 2. The van der Waals surface area contributed by atoms with Crippen LogP contribution in [0.3, 0.4) is 0 Å². The summed E-state index contributed by atoms with van der Waals surface area (Å²) in [7, 11) is 0. The Labute approximate surface area is 95.6 Å². The molecule has 0 saturated carbocycles. The zero-order chi connectivity index (χ0) is 11.2. The second-order valence-electron chi connectivity index (χ2n) is 3.31. The molecule has 2 aromatic rings. The number of hydrogen-bond donors (Lipinski definition) is 0. The molecule has 0 N–H and O–H groups in total. The predicted octanol–water partition coefficient (Wildman–Crippen LogP) is 4.09. The third kappa shape index (κ3) is 2.21. The maximum atomic E-state index is 4.25. The Balaban J connectivity index is 2.42. The van der Waals surface area contributed by atoms with Gasteiger partial charge in [0, 0.05) is 0 Å². The first-order chi connectivity index (χ1) is 7.92. The van der Waals surface area contributed by atoms with E-state index >= 15 is 0 Å². The van der Waals surface area contributed by atoms with E-state index in [4.69, 9.17) is 0 Å². The highest BCUT2D eigenvalue weighted by Gasteiger charge is 2.15. The molecule has 0 amide bonds. The molecular weight excluding hydrogens is 196 g/mol. The van der Waals surface area contributed by atoms with E-state index in [1.54, 1.807) is 6.92 Å². The summed E-state index contributed by atoms with van der Waals surface area (Å²) in [6.07, 6.45) is 0. The average molecular weight is 209 g/mol. The van der Waals surface area contributed by atoms with E-state index < -0.39 is 0 Å². The first kappa shape index (κ1) is 10.3. The Morgan fingerprint density at radius 2 is 1.25 bits per heavy atom. The van der Waals surface area contributed by atoms with Gasteiger partial charge in [-0.1, -0.05) is 36.4 Å². The van der Waals surface area contributed by atoms with Crippen molar-refractivity contribution in [3.8, 4) is 6.07 Å². The van der Waals surface area contributed by atoms with Crippen molar-refractivity contribution in [3.63, 3.8) is 0 Å². The second-order valence-corrected chi connectivity index (χ2v) is 3.31. The van der Waals surface area contributed by atoms with Crippen molar-refractivity contribution in [2.75, 3.05) is 5.01 Å². The minimum atomic E-state index is 1.03. The molecule has 2 aromatic carbocycles. The van der Waals surface area contributed by atoms with Gasteiger partial charge in [0.2, 0.25) is 0 Å². The Morgan fingerprint density at radius 1 is 0.812 bits per heavy atom. The lowest BCUT2D eigenvalue weighted by atomic mass is 10.2. The van der Waals surface area contributed by atoms with Gasteiger partial charge in [-0.15, -0.1) is 0 Å². The van der Waals surface area contributed by atoms with Gasteiger partial charge in [0.15, 0.2) is 0 Å². The molecule has 0 atom stereocenters. The molecule has 2 nitrogen and oxygen atoms in total. The number of rotatable bonds is 2. The molecule has 0 fully saturated rings. The van der Waals surface area contributed by atoms with Crippen LogP contribution in [0.15, 0.2) is 60.7 Å². The Bertz CT molecular complexity index is 455. The summed E-state index contributed by atoms with van der Waals surface area (Å²) < 4.78 is 0. The number of hydrogen-bond acceptors (Lipinski definition) is 1. The first-order valence-corrected chi connectivity index (χ1v) is 5.19. The van der Waals surface area contributed by atoms with Crippen molar-refractivity contribution < 1.29 is 0 Å². The van der Waals surface area contributed by atoms with Crippen LogP contribution in [0.2, 0.25) is 0 Å². The zero-order valence-corrected chi connectivity index (χ0v) is 9.17. The van der Waals surface area contributed by atoms with Crippen LogP contribution in [0.5, 0.6) is 0 Å². The summed E-state index contributed by atoms with van der Waals surface area (Å²) in [6, 6.07) is 22.9. The highest BCUT2D eigenvalue weighted by Crippen LogP contribution is 2.24. The molecule has 0 unspecified atom stereocenters. The quantitative estimate of drug-likeness (QED) is 0.676. The van der Waals surface area contributed by atoms with Crippen LogP contribution in [0.25, 0.3) is 4.95 Å². The molecule has 2 rings (SSSR count). The molecule has 0 bridgehead atoms. The molecule has 78 valence electrons. The van der Waals surface area contributed by atoms with Crippen LogP contribution in [0, 0.1) is 6.07 Å². The number of para-hydroxylation sites is 2. The van der Waals surface area contributed by atoms with E-state index in [9.17, 15) is 0 Å². The molecule has 0 aliphatic rings. The number of nitrogens with zero attached hydrogens (tertiary/aromatic N) is 2. The zero-order valence-electron chi connectivity index (χ0n) is 9.17. The molecule has 16 heavy (non-hydrogen) atoms. The van der Waals surface area contributed by atoms with Crippen LogP contribution in [0.1, 0.15) is 6.92 Å². The lowest BCUT2D eigenvalue weighted by Crippen LogP contribution is -2.05. The molecule has 0 aliphatic heterocycles. The van der Waals surface area contributed by atoms with Crippen molar-refractivity contribution in [1.82, 2.24) is 0 Å². The van der Waals surface area contributed by atoms with Gasteiger partial charge < -0.3 is 0 Å². The molecule has 0 saturated heterocycles. The van der Waals surface area contributed by atoms with Crippen molar-refractivity contribution in [1.29, 1.82) is 0 Å². The topological polar surface area (TPSA) is 7.60 Å². The monoisotopic (exact) mass is 209 g/mol. The van der Waals surface area contributed by atoms with Gasteiger partial charge in [0.05, 0.1) is 11.9 Å². The van der Waals surface area contributed by atoms with Crippen LogP contribution in [0.4, 0.5) is 11.4 Å². The van der Waals surface area contributed by atoms with Crippen LogP contribution < -0.4 is 5.01 Å². The minimum Gasteiger partial charge on any atom is -0.0621 e. The third-order valence-corrected chi connectivity index (χ3v) is 2.20. The largest absolute Gasteiger partial charge is 0.316 e. The van der Waals surface area contributed by atoms with Gasteiger partial charge in [-0.05, 0) is 29.3 Å². The van der Waals surface area contributed by atoms with Gasteiger partial charge in [0.25, 0.3) is 0 Å². The Morgan fingerprint density at radius 3 is 1.62 bits per heavy atom. The van der Waals surface area contributed by atoms with E-state index in [-0.39, 0.29) is 0 Å².